The van der Waals surface area contributed by atoms with Gasteiger partial charge in [-0.2, -0.15) is 0 Å². The Bertz CT molecular complexity index is 474. The molecule has 5 heteroatoms. The summed E-state index contributed by atoms with van der Waals surface area (Å²) in [5.74, 6) is 0. The topological polar surface area (TPSA) is 56.0 Å². The molecule has 96 valence electrons. The minimum absolute atomic E-state index is 0.200. The molecule has 0 aliphatic rings. The van der Waals surface area contributed by atoms with E-state index in [1.165, 1.54) is 15.2 Å². The summed E-state index contributed by atoms with van der Waals surface area (Å²) in [7, 11) is 1.69. The molecule has 0 spiro atoms. The van der Waals surface area contributed by atoms with Crippen molar-refractivity contribution in [1.82, 2.24) is 14.5 Å². The maximum absolute atomic E-state index is 11.8. The Labute approximate surface area is 101 Å². The molecule has 0 saturated carbocycles. The van der Waals surface area contributed by atoms with E-state index in [0.717, 1.165) is 25.9 Å². The van der Waals surface area contributed by atoms with E-state index >= 15 is 0 Å². The van der Waals surface area contributed by atoms with E-state index in [4.69, 9.17) is 0 Å². The van der Waals surface area contributed by atoms with Crippen LogP contribution in [0.3, 0.4) is 0 Å². The Morgan fingerprint density at radius 1 is 1.29 bits per heavy atom. The van der Waals surface area contributed by atoms with E-state index in [1.807, 2.05) is 0 Å². The SMILES string of the molecule is CCNCCCCn1c(=O)cc(C)n(C)c1=O. The van der Waals surface area contributed by atoms with Crippen LogP contribution in [-0.4, -0.2) is 22.2 Å². The minimum atomic E-state index is -0.224. The molecule has 0 radical (unpaired) electrons. The fourth-order valence-corrected chi connectivity index (χ4v) is 1.68. The zero-order valence-corrected chi connectivity index (χ0v) is 10.8. The fraction of sp³-hybridized carbons (Fsp3) is 0.667. The molecular formula is C12H21N3O2. The molecule has 0 aromatic carbocycles. The van der Waals surface area contributed by atoms with Crippen LogP contribution in [0, 0.1) is 6.92 Å². The van der Waals surface area contributed by atoms with Gasteiger partial charge in [0.05, 0.1) is 0 Å². The van der Waals surface area contributed by atoms with E-state index in [0.29, 0.717) is 12.2 Å². The van der Waals surface area contributed by atoms with Crippen molar-refractivity contribution in [2.45, 2.75) is 33.2 Å². The molecule has 1 rings (SSSR count). The number of unbranched alkanes of at least 4 members (excludes halogenated alkanes) is 1. The van der Waals surface area contributed by atoms with Crippen molar-refractivity contribution in [1.29, 1.82) is 0 Å². The Balaban J connectivity index is 2.69. The second kappa shape index (κ2) is 6.39. The molecule has 1 N–H and O–H groups in total. The van der Waals surface area contributed by atoms with E-state index in [2.05, 4.69) is 12.2 Å². The van der Waals surface area contributed by atoms with Crippen molar-refractivity contribution >= 4 is 0 Å². The van der Waals surface area contributed by atoms with Crippen LogP contribution in [0.1, 0.15) is 25.5 Å². The smallest absolute Gasteiger partial charge is 0.317 e. The number of rotatable bonds is 6. The first-order valence-corrected chi connectivity index (χ1v) is 6.06. The van der Waals surface area contributed by atoms with E-state index < -0.39 is 0 Å². The highest BCUT2D eigenvalue weighted by Gasteiger charge is 2.05. The van der Waals surface area contributed by atoms with Crippen molar-refractivity contribution in [3.63, 3.8) is 0 Å². The lowest BCUT2D eigenvalue weighted by Gasteiger charge is -2.09. The van der Waals surface area contributed by atoms with Gasteiger partial charge < -0.3 is 9.88 Å². The maximum Gasteiger partial charge on any atom is 0.330 e. The molecule has 0 aliphatic carbocycles. The number of hydrogen-bond acceptors (Lipinski definition) is 3. The van der Waals surface area contributed by atoms with Crippen molar-refractivity contribution in [2.24, 2.45) is 7.05 Å². The highest BCUT2D eigenvalue weighted by molar-refractivity contribution is 4.99. The lowest BCUT2D eigenvalue weighted by atomic mass is 10.3. The average molecular weight is 239 g/mol. The molecule has 17 heavy (non-hydrogen) atoms. The summed E-state index contributed by atoms with van der Waals surface area (Å²) in [5.41, 5.74) is 0.274. The molecule has 1 heterocycles. The van der Waals surface area contributed by atoms with Crippen molar-refractivity contribution in [3.05, 3.63) is 32.6 Å². The van der Waals surface area contributed by atoms with Crippen LogP contribution in [0.2, 0.25) is 0 Å². The molecule has 0 amide bonds. The molecule has 5 nitrogen and oxygen atoms in total. The summed E-state index contributed by atoms with van der Waals surface area (Å²) in [6.07, 6.45) is 1.81. The van der Waals surface area contributed by atoms with Crippen LogP contribution in [0.4, 0.5) is 0 Å². The lowest BCUT2D eigenvalue weighted by Crippen LogP contribution is -2.39. The monoisotopic (exact) mass is 239 g/mol. The number of nitrogens with one attached hydrogen (secondary N) is 1. The molecule has 0 saturated heterocycles. The van der Waals surface area contributed by atoms with Crippen LogP contribution in [0.5, 0.6) is 0 Å². The van der Waals surface area contributed by atoms with Crippen LogP contribution in [-0.2, 0) is 13.6 Å². The summed E-state index contributed by atoms with van der Waals surface area (Å²) < 4.78 is 2.81. The zero-order chi connectivity index (χ0) is 12.8. The standard InChI is InChI=1S/C12H21N3O2/c1-4-13-7-5-6-8-15-11(16)9-10(2)14(3)12(15)17/h9,13H,4-8H2,1-3H3. The van der Waals surface area contributed by atoms with Gasteiger partial charge in [0, 0.05) is 25.4 Å². The van der Waals surface area contributed by atoms with Crippen molar-refractivity contribution < 1.29 is 0 Å². The van der Waals surface area contributed by atoms with E-state index in [1.54, 1.807) is 14.0 Å². The molecular weight excluding hydrogens is 218 g/mol. The average Bonchev–Trinajstić information content (AvgIpc) is 2.30. The fourth-order valence-electron chi connectivity index (χ4n) is 1.68. The van der Waals surface area contributed by atoms with Gasteiger partial charge in [-0.05, 0) is 32.9 Å². The molecule has 0 unspecified atom stereocenters. The third kappa shape index (κ3) is 3.56. The molecule has 0 bridgehead atoms. The Morgan fingerprint density at radius 2 is 2.00 bits per heavy atom. The van der Waals surface area contributed by atoms with Gasteiger partial charge in [-0.3, -0.25) is 9.36 Å². The number of aryl methyl sites for hydroxylation is 1. The van der Waals surface area contributed by atoms with Gasteiger partial charge in [-0.15, -0.1) is 0 Å². The second-order valence-corrected chi connectivity index (χ2v) is 4.18. The Morgan fingerprint density at radius 3 is 2.65 bits per heavy atom. The molecule has 0 atom stereocenters. The van der Waals surface area contributed by atoms with Crippen molar-refractivity contribution in [2.75, 3.05) is 13.1 Å². The van der Waals surface area contributed by atoms with Crippen LogP contribution in [0.25, 0.3) is 0 Å². The van der Waals surface area contributed by atoms with Gasteiger partial charge in [-0.25, -0.2) is 4.79 Å². The van der Waals surface area contributed by atoms with Crippen LogP contribution >= 0.6 is 0 Å². The largest absolute Gasteiger partial charge is 0.330 e. The Hall–Kier alpha value is -1.36. The molecule has 1 aromatic heterocycles. The number of aromatic nitrogens is 2. The van der Waals surface area contributed by atoms with Gasteiger partial charge >= 0.3 is 5.69 Å². The highest BCUT2D eigenvalue weighted by Crippen LogP contribution is 1.91. The third-order valence-corrected chi connectivity index (χ3v) is 2.88. The number of nitrogens with zero attached hydrogens (tertiary/aromatic N) is 2. The summed E-state index contributed by atoms with van der Waals surface area (Å²) in [6.45, 7) is 6.19. The van der Waals surface area contributed by atoms with Gasteiger partial charge in [0.2, 0.25) is 0 Å². The number of hydrogen-bond donors (Lipinski definition) is 1. The summed E-state index contributed by atoms with van der Waals surface area (Å²) in [5, 5.41) is 3.21. The minimum Gasteiger partial charge on any atom is -0.317 e. The molecule has 0 fully saturated rings. The summed E-state index contributed by atoms with van der Waals surface area (Å²) in [4.78, 5) is 23.5. The van der Waals surface area contributed by atoms with Crippen LogP contribution in [0.15, 0.2) is 15.7 Å². The second-order valence-electron chi connectivity index (χ2n) is 4.18. The highest BCUT2D eigenvalue weighted by atomic mass is 16.2. The van der Waals surface area contributed by atoms with E-state index in [9.17, 15) is 9.59 Å². The molecule has 0 aliphatic heterocycles. The first kappa shape index (κ1) is 13.7. The first-order chi connectivity index (χ1) is 8.07. The van der Waals surface area contributed by atoms with Gasteiger partial charge in [0.15, 0.2) is 0 Å². The maximum atomic E-state index is 11.8. The molecule has 1 aromatic rings. The van der Waals surface area contributed by atoms with Crippen LogP contribution < -0.4 is 16.6 Å². The predicted molar refractivity (Wildman–Crippen MR) is 68.5 cm³/mol. The first-order valence-electron chi connectivity index (χ1n) is 6.06. The third-order valence-electron chi connectivity index (χ3n) is 2.88. The summed E-state index contributed by atoms with van der Waals surface area (Å²) in [6, 6.07) is 1.51. The van der Waals surface area contributed by atoms with E-state index in [-0.39, 0.29) is 11.2 Å². The quantitative estimate of drug-likeness (QED) is 0.724. The predicted octanol–water partition coefficient (Wildman–Crippen LogP) is 0.245. The lowest BCUT2D eigenvalue weighted by molar-refractivity contribution is 0.528. The Kier molecular flexibility index (Phi) is 5.15. The van der Waals surface area contributed by atoms with Gasteiger partial charge in [0.25, 0.3) is 5.56 Å². The zero-order valence-electron chi connectivity index (χ0n) is 10.8. The van der Waals surface area contributed by atoms with Gasteiger partial charge in [-0.1, -0.05) is 6.92 Å². The van der Waals surface area contributed by atoms with Crippen molar-refractivity contribution in [3.8, 4) is 0 Å². The summed E-state index contributed by atoms with van der Waals surface area (Å²) >= 11 is 0. The van der Waals surface area contributed by atoms with Gasteiger partial charge in [0.1, 0.15) is 0 Å². The normalized spacial score (nSPS) is 10.8.